The number of sulfonamides is 1. The predicted molar refractivity (Wildman–Crippen MR) is 70.6 cm³/mol. The van der Waals surface area contributed by atoms with Gasteiger partial charge in [0.2, 0.25) is 10.0 Å². The number of hydrogen-bond acceptors (Lipinski definition) is 4. The maximum absolute atomic E-state index is 12.6. The van der Waals surface area contributed by atoms with Crippen LogP contribution in [0.4, 0.5) is 0 Å². The molecule has 2 saturated heterocycles. The van der Waals surface area contributed by atoms with E-state index in [2.05, 4.69) is 26.2 Å². The Morgan fingerprint density at radius 2 is 2.22 bits per heavy atom. The van der Waals surface area contributed by atoms with E-state index >= 15 is 0 Å². The fourth-order valence-corrected chi connectivity index (χ4v) is 4.98. The first-order valence-corrected chi connectivity index (χ1v) is 8.15. The van der Waals surface area contributed by atoms with Gasteiger partial charge < -0.3 is 5.32 Å². The first-order chi connectivity index (χ1) is 8.59. The molecule has 18 heavy (non-hydrogen) atoms. The van der Waals surface area contributed by atoms with Gasteiger partial charge in [-0.1, -0.05) is 0 Å². The van der Waals surface area contributed by atoms with Crippen LogP contribution in [0, 0.1) is 5.92 Å². The molecule has 0 aliphatic carbocycles. The number of hydrogen-bond donors (Lipinski definition) is 1. The topological polar surface area (TPSA) is 62.3 Å². The van der Waals surface area contributed by atoms with Crippen LogP contribution in [-0.2, 0) is 10.0 Å². The summed E-state index contributed by atoms with van der Waals surface area (Å²) in [5.41, 5.74) is 0. The first kappa shape index (κ1) is 12.5. The number of pyridine rings is 1. The molecule has 0 radical (unpaired) electrons. The van der Waals surface area contributed by atoms with Gasteiger partial charge in [0.25, 0.3) is 0 Å². The monoisotopic (exact) mass is 331 g/mol. The lowest BCUT2D eigenvalue weighted by Crippen LogP contribution is -2.39. The average Bonchev–Trinajstić information content (AvgIpc) is 2.90. The Morgan fingerprint density at radius 1 is 1.39 bits per heavy atom. The maximum atomic E-state index is 12.6. The van der Waals surface area contributed by atoms with Gasteiger partial charge in [-0.3, -0.25) is 4.98 Å². The summed E-state index contributed by atoms with van der Waals surface area (Å²) in [6.07, 6.45) is 3.94. The van der Waals surface area contributed by atoms with Crippen molar-refractivity contribution in [1.29, 1.82) is 0 Å². The predicted octanol–water partition coefficient (Wildman–Crippen LogP) is 0.827. The van der Waals surface area contributed by atoms with E-state index < -0.39 is 10.0 Å². The summed E-state index contributed by atoms with van der Waals surface area (Å²) >= 11 is 3.26. The second-order valence-electron chi connectivity index (χ2n) is 4.73. The first-order valence-electron chi connectivity index (χ1n) is 5.92. The number of halogens is 1. The molecule has 3 heterocycles. The van der Waals surface area contributed by atoms with Crippen LogP contribution in [0.5, 0.6) is 0 Å². The molecule has 2 fully saturated rings. The van der Waals surface area contributed by atoms with E-state index in [9.17, 15) is 8.42 Å². The molecule has 98 valence electrons. The molecule has 5 nitrogen and oxygen atoms in total. The third kappa shape index (κ3) is 1.99. The van der Waals surface area contributed by atoms with Gasteiger partial charge in [-0.15, -0.1) is 0 Å². The van der Waals surface area contributed by atoms with Crippen molar-refractivity contribution in [1.82, 2.24) is 14.6 Å². The number of aromatic nitrogens is 1. The van der Waals surface area contributed by atoms with Gasteiger partial charge in [0.1, 0.15) is 4.90 Å². The largest absolute Gasteiger partial charge is 0.315 e. The minimum absolute atomic E-state index is 0.106. The van der Waals surface area contributed by atoms with Crippen molar-refractivity contribution >= 4 is 26.0 Å². The van der Waals surface area contributed by atoms with Crippen molar-refractivity contribution in [3.63, 3.8) is 0 Å². The highest BCUT2D eigenvalue weighted by Crippen LogP contribution is 2.32. The molecule has 0 aromatic carbocycles. The van der Waals surface area contributed by atoms with Crippen LogP contribution in [-0.4, -0.2) is 43.4 Å². The molecule has 1 aromatic heterocycles. The molecule has 0 bridgehead atoms. The van der Waals surface area contributed by atoms with Crippen LogP contribution in [0.2, 0.25) is 0 Å². The molecule has 1 N–H and O–H groups in total. The molecule has 0 unspecified atom stereocenters. The molecule has 3 rings (SSSR count). The summed E-state index contributed by atoms with van der Waals surface area (Å²) in [6.45, 7) is 2.30. The lowest BCUT2D eigenvalue weighted by Gasteiger charge is -2.22. The van der Waals surface area contributed by atoms with Crippen molar-refractivity contribution in [3.8, 4) is 0 Å². The summed E-state index contributed by atoms with van der Waals surface area (Å²) in [5, 5.41) is 3.26. The van der Waals surface area contributed by atoms with Crippen LogP contribution < -0.4 is 5.32 Å². The van der Waals surface area contributed by atoms with Gasteiger partial charge in [0.15, 0.2) is 0 Å². The van der Waals surface area contributed by atoms with E-state index in [0.717, 1.165) is 19.5 Å². The van der Waals surface area contributed by atoms with E-state index in [-0.39, 0.29) is 10.9 Å². The van der Waals surface area contributed by atoms with Gasteiger partial charge in [0, 0.05) is 36.0 Å². The fourth-order valence-electron chi connectivity index (χ4n) is 2.78. The second kappa shape index (κ2) is 4.56. The number of nitrogens with zero attached hydrogens (tertiary/aromatic N) is 2. The zero-order valence-corrected chi connectivity index (χ0v) is 12.1. The lowest BCUT2D eigenvalue weighted by atomic mass is 10.1. The Bertz CT molecular complexity index is 563. The summed E-state index contributed by atoms with van der Waals surface area (Å²) in [4.78, 5) is 4.21. The zero-order valence-electron chi connectivity index (χ0n) is 9.71. The molecule has 0 amide bonds. The molecule has 2 aliphatic rings. The van der Waals surface area contributed by atoms with Crippen molar-refractivity contribution in [2.24, 2.45) is 5.92 Å². The highest BCUT2D eigenvalue weighted by molar-refractivity contribution is 9.10. The lowest BCUT2D eigenvalue weighted by molar-refractivity contribution is 0.382. The van der Waals surface area contributed by atoms with Crippen LogP contribution in [0.15, 0.2) is 27.8 Å². The molecule has 2 atom stereocenters. The minimum Gasteiger partial charge on any atom is -0.315 e. The van der Waals surface area contributed by atoms with Crippen LogP contribution in [0.3, 0.4) is 0 Å². The Morgan fingerprint density at radius 3 is 3.00 bits per heavy atom. The van der Waals surface area contributed by atoms with Gasteiger partial charge in [-0.25, -0.2) is 8.42 Å². The number of fused-ring (bicyclic) bond motifs is 1. The zero-order chi connectivity index (χ0) is 12.8. The number of rotatable bonds is 2. The molecule has 1 aromatic rings. The molecular weight excluding hydrogens is 318 g/mol. The van der Waals surface area contributed by atoms with Crippen LogP contribution >= 0.6 is 15.9 Å². The third-order valence-electron chi connectivity index (χ3n) is 3.68. The van der Waals surface area contributed by atoms with Gasteiger partial charge in [-0.2, -0.15) is 4.31 Å². The quantitative estimate of drug-likeness (QED) is 0.871. The van der Waals surface area contributed by atoms with E-state index in [1.165, 1.54) is 6.20 Å². The minimum atomic E-state index is -3.41. The maximum Gasteiger partial charge on any atom is 0.244 e. The van der Waals surface area contributed by atoms with Crippen molar-refractivity contribution < 1.29 is 8.42 Å². The van der Waals surface area contributed by atoms with Crippen molar-refractivity contribution in [3.05, 3.63) is 22.9 Å². The molecule has 0 saturated carbocycles. The highest BCUT2D eigenvalue weighted by Gasteiger charge is 2.43. The van der Waals surface area contributed by atoms with E-state index in [0.29, 0.717) is 16.9 Å². The normalized spacial score (nSPS) is 28.5. The smallest absolute Gasteiger partial charge is 0.244 e. The van der Waals surface area contributed by atoms with Gasteiger partial charge in [-0.05, 0) is 40.9 Å². The third-order valence-corrected chi connectivity index (χ3v) is 6.00. The van der Waals surface area contributed by atoms with Crippen LogP contribution in [0.25, 0.3) is 0 Å². The van der Waals surface area contributed by atoms with E-state index in [4.69, 9.17) is 0 Å². The SMILES string of the molecule is O=S(=O)(c1cncc(Br)c1)N1CC[C@H]2CNC[C@H]21. The Balaban J connectivity index is 1.95. The molecular formula is C11H14BrN3O2S. The average molecular weight is 332 g/mol. The Labute approximate surface area is 115 Å². The van der Waals surface area contributed by atoms with Crippen molar-refractivity contribution in [2.45, 2.75) is 17.4 Å². The van der Waals surface area contributed by atoms with Crippen molar-refractivity contribution in [2.75, 3.05) is 19.6 Å². The summed E-state index contributed by atoms with van der Waals surface area (Å²) in [7, 11) is -3.41. The second-order valence-corrected chi connectivity index (χ2v) is 7.54. The Kier molecular flexibility index (Phi) is 3.17. The Hall–Kier alpha value is -0.500. The molecule has 2 aliphatic heterocycles. The fraction of sp³-hybridized carbons (Fsp3) is 0.545. The highest BCUT2D eigenvalue weighted by atomic mass is 79.9. The van der Waals surface area contributed by atoms with E-state index in [1.54, 1.807) is 16.6 Å². The number of nitrogens with one attached hydrogen (secondary N) is 1. The van der Waals surface area contributed by atoms with Gasteiger partial charge >= 0.3 is 0 Å². The van der Waals surface area contributed by atoms with Gasteiger partial charge in [0.05, 0.1) is 0 Å². The van der Waals surface area contributed by atoms with Crippen LogP contribution in [0.1, 0.15) is 6.42 Å². The molecule has 0 spiro atoms. The summed E-state index contributed by atoms with van der Waals surface area (Å²) in [6, 6.07) is 1.71. The summed E-state index contributed by atoms with van der Waals surface area (Å²) in [5.74, 6) is 0.458. The summed E-state index contributed by atoms with van der Waals surface area (Å²) < 4.78 is 27.4. The van der Waals surface area contributed by atoms with E-state index in [1.807, 2.05) is 0 Å². The standard InChI is InChI=1S/C11H14BrN3O2S/c12-9-3-10(6-14-5-9)18(16,17)15-2-1-8-4-13-7-11(8)15/h3,5-6,8,11,13H,1-2,4,7H2/t8-,11+/m0/s1. The molecule has 7 heteroatoms.